The van der Waals surface area contributed by atoms with Crippen LogP contribution in [0, 0.1) is 12.8 Å². The summed E-state index contributed by atoms with van der Waals surface area (Å²) in [5.74, 6) is 0.916. The second-order valence-electron chi connectivity index (χ2n) is 7.65. The Balaban J connectivity index is 1.17. The first-order valence-electron chi connectivity index (χ1n) is 10.1. The third-order valence-electron chi connectivity index (χ3n) is 5.45. The Morgan fingerprint density at radius 1 is 1.10 bits per heavy atom. The van der Waals surface area contributed by atoms with Crippen LogP contribution in [-0.4, -0.2) is 55.1 Å². The van der Waals surface area contributed by atoms with Gasteiger partial charge in [-0.05, 0) is 43.9 Å². The van der Waals surface area contributed by atoms with Gasteiger partial charge in [-0.15, -0.1) is 5.10 Å². The van der Waals surface area contributed by atoms with Crippen LogP contribution >= 0.6 is 0 Å². The fourth-order valence-electron chi connectivity index (χ4n) is 3.79. The minimum atomic E-state index is -0.0600. The number of carbonyl (C=O) groups is 1. The zero-order valence-electron chi connectivity index (χ0n) is 16.7. The molecule has 0 atom stereocenters. The molecule has 5 rings (SSSR count). The summed E-state index contributed by atoms with van der Waals surface area (Å²) < 4.78 is 7.64. The highest BCUT2D eigenvalue weighted by Gasteiger charge is 2.25. The number of amides is 1. The van der Waals surface area contributed by atoms with Crippen LogP contribution in [0.5, 0.6) is 5.88 Å². The first-order valence-corrected chi connectivity index (χ1v) is 10.1. The molecule has 1 amide bonds. The summed E-state index contributed by atoms with van der Waals surface area (Å²) in [6.07, 6.45) is 5.22. The topological polar surface area (TPSA) is 85.5 Å². The summed E-state index contributed by atoms with van der Waals surface area (Å²) in [6.45, 7) is 3.90. The highest BCUT2D eigenvalue weighted by Crippen LogP contribution is 2.21. The number of piperidine rings is 1. The van der Waals surface area contributed by atoms with Gasteiger partial charge in [0.05, 0.1) is 35.7 Å². The number of hydrogen-bond donors (Lipinski definition) is 0. The van der Waals surface area contributed by atoms with Crippen molar-refractivity contribution in [2.75, 3.05) is 19.7 Å². The normalized spacial score (nSPS) is 15.0. The summed E-state index contributed by atoms with van der Waals surface area (Å²) in [5.41, 5.74) is 3.67. The van der Waals surface area contributed by atoms with Crippen LogP contribution in [0.4, 0.5) is 0 Å². The van der Waals surface area contributed by atoms with E-state index in [0.717, 1.165) is 35.2 Å². The number of aromatic nitrogens is 5. The van der Waals surface area contributed by atoms with Crippen molar-refractivity contribution in [2.45, 2.75) is 19.8 Å². The van der Waals surface area contributed by atoms with E-state index in [1.807, 2.05) is 54.4 Å². The Bertz CT molecular complexity index is 1210. The predicted octanol–water partition coefficient (Wildman–Crippen LogP) is 2.91. The minimum absolute atomic E-state index is 0.0600. The molecule has 0 N–H and O–H groups in total. The molecule has 8 nitrogen and oxygen atoms in total. The number of imidazole rings is 1. The van der Waals surface area contributed by atoms with Crippen LogP contribution in [-0.2, 0) is 0 Å². The van der Waals surface area contributed by atoms with E-state index in [1.165, 1.54) is 0 Å². The molecular weight excluding hydrogens is 380 g/mol. The lowest BCUT2D eigenvalue weighted by molar-refractivity contribution is 0.0653. The van der Waals surface area contributed by atoms with E-state index in [9.17, 15) is 4.79 Å². The van der Waals surface area contributed by atoms with E-state index in [0.29, 0.717) is 37.2 Å². The smallest absolute Gasteiger partial charge is 0.274 e. The molecule has 4 heterocycles. The maximum atomic E-state index is 12.8. The van der Waals surface area contributed by atoms with Gasteiger partial charge in [0.15, 0.2) is 5.65 Å². The van der Waals surface area contributed by atoms with Gasteiger partial charge in [0.2, 0.25) is 5.88 Å². The number of ether oxygens (including phenoxy) is 1. The molecule has 0 spiro atoms. The maximum absolute atomic E-state index is 12.8. The average molecular weight is 402 g/mol. The molecule has 8 heteroatoms. The van der Waals surface area contributed by atoms with Crippen molar-refractivity contribution < 1.29 is 9.53 Å². The summed E-state index contributed by atoms with van der Waals surface area (Å²) in [5, 5.41) is 4.44. The number of nitrogens with zero attached hydrogens (tertiary/aromatic N) is 6. The number of carbonyl (C=O) groups excluding carboxylic acids is 1. The van der Waals surface area contributed by atoms with E-state index in [-0.39, 0.29) is 5.91 Å². The molecule has 1 aliphatic rings. The molecule has 30 heavy (non-hydrogen) atoms. The van der Waals surface area contributed by atoms with Gasteiger partial charge in [-0.2, -0.15) is 0 Å². The molecule has 1 fully saturated rings. The van der Waals surface area contributed by atoms with E-state index < -0.39 is 0 Å². The van der Waals surface area contributed by atoms with Crippen LogP contribution in [0.1, 0.15) is 29.0 Å². The van der Waals surface area contributed by atoms with Gasteiger partial charge >= 0.3 is 0 Å². The van der Waals surface area contributed by atoms with Crippen LogP contribution in [0.2, 0.25) is 0 Å². The number of para-hydroxylation sites is 2. The molecule has 4 aromatic rings. The fourth-order valence-corrected chi connectivity index (χ4v) is 3.79. The van der Waals surface area contributed by atoms with Gasteiger partial charge in [0, 0.05) is 19.2 Å². The molecule has 0 bridgehead atoms. The largest absolute Gasteiger partial charge is 0.476 e. The third-order valence-corrected chi connectivity index (χ3v) is 5.45. The number of benzene rings is 1. The van der Waals surface area contributed by atoms with Crippen LogP contribution in [0.15, 0.2) is 48.8 Å². The Hall–Kier alpha value is -3.55. The monoisotopic (exact) mass is 402 g/mol. The molecule has 0 unspecified atom stereocenters. The minimum Gasteiger partial charge on any atom is -0.476 e. The predicted molar refractivity (Wildman–Crippen MR) is 111 cm³/mol. The molecule has 0 radical (unpaired) electrons. The van der Waals surface area contributed by atoms with Gasteiger partial charge in [0.1, 0.15) is 5.69 Å². The first-order chi connectivity index (χ1) is 14.7. The SMILES string of the molecule is Cc1cn2nc(OCC3CCN(C(=O)c4cnc5ccccc5n4)CC3)ccc2n1. The molecule has 1 saturated heterocycles. The van der Waals surface area contributed by atoms with Gasteiger partial charge in [0.25, 0.3) is 5.91 Å². The van der Waals surface area contributed by atoms with Crippen LogP contribution in [0.25, 0.3) is 16.7 Å². The average Bonchev–Trinajstić information content (AvgIpc) is 3.16. The Labute approximate surface area is 173 Å². The van der Waals surface area contributed by atoms with Crippen molar-refractivity contribution in [1.29, 1.82) is 0 Å². The molecule has 0 saturated carbocycles. The fraction of sp³-hybridized carbons (Fsp3) is 0.318. The van der Waals surface area contributed by atoms with Crippen molar-refractivity contribution >= 4 is 22.6 Å². The van der Waals surface area contributed by atoms with Crippen molar-refractivity contribution in [3.63, 3.8) is 0 Å². The number of likely N-dealkylation sites (tertiary alicyclic amines) is 1. The lowest BCUT2D eigenvalue weighted by Gasteiger charge is -2.31. The van der Waals surface area contributed by atoms with Crippen LogP contribution in [0.3, 0.4) is 0 Å². The van der Waals surface area contributed by atoms with Crippen LogP contribution < -0.4 is 4.74 Å². The quantitative estimate of drug-likeness (QED) is 0.522. The Kier molecular flexibility index (Phi) is 4.74. The van der Waals surface area contributed by atoms with Crippen molar-refractivity contribution in [2.24, 2.45) is 5.92 Å². The summed E-state index contributed by atoms with van der Waals surface area (Å²) in [4.78, 5) is 27.9. The van der Waals surface area contributed by atoms with Gasteiger partial charge in [-0.25, -0.2) is 14.5 Å². The second-order valence-corrected chi connectivity index (χ2v) is 7.65. The summed E-state index contributed by atoms with van der Waals surface area (Å²) in [7, 11) is 0. The van der Waals surface area contributed by atoms with Gasteiger partial charge in [-0.1, -0.05) is 12.1 Å². The lowest BCUT2D eigenvalue weighted by atomic mass is 9.97. The van der Waals surface area contributed by atoms with E-state index >= 15 is 0 Å². The van der Waals surface area contributed by atoms with Crippen molar-refractivity contribution in [3.8, 4) is 5.88 Å². The van der Waals surface area contributed by atoms with Gasteiger partial charge < -0.3 is 9.64 Å². The Morgan fingerprint density at radius 2 is 1.90 bits per heavy atom. The standard InChI is InChI=1S/C22H22N6O2/c1-15-13-28-20(24-15)6-7-21(26-28)30-14-16-8-10-27(11-9-16)22(29)19-12-23-17-4-2-3-5-18(17)25-19/h2-7,12-13,16H,8-11,14H2,1H3. The lowest BCUT2D eigenvalue weighted by Crippen LogP contribution is -2.40. The number of aryl methyl sites for hydroxylation is 1. The highest BCUT2D eigenvalue weighted by molar-refractivity contribution is 5.93. The number of hydrogen-bond acceptors (Lipinski definition) is 6. The number of rotatable bonds is 4. The van der Waals surface area contributed by atoms with E-state index in [2.05, 4.69) is 20.1 Å². The summed E-state index contributed by atoms with van der Waals surface area (Å²) in [6, 6.07) is 11.3. The molecule has 1 aliphatic heterocycles. The van der Waals surface area contributed by atoms with Crippen molar-refractivity contribution in [1.82, 2.24) is 29.5 Å². The number of fused-ring (bicyclic) bond motifs is 2. The highest BCUT2D eigenvalue weighted by atomic mass is 16.5. The molecule has 3 aromatic heterocycles. The molecule has 1 aromatic carbocycles. The first kappa shape index (κ1) is 18.5. The van der Waals surface area contributed by atoms with E-state index in [4.69, 9.17) is 4.74 Å². The second kappa shape index (κ2) is 7.70. The molecule has 0 aliphatic carbocycles. The molecular formula is C22H22N6O2. The zero-order valence-corrected chi connectivity index (χ0v) is 16.7. The maximum Gasteiger partial charge on any atom is 0.274 e. The molecule has 152 valence electrons. The third kappa shape index (κ3) is 3.68. The van der Waals surface area contributed by atoms with Gasteiger partial charge in [-0.3, -0.25) is 9.78 Å². The zero-order chi connectivity index (χ0) is 20.5. The van der Waals surface area contributed by atoms with E-state index in [1.54, 1.807) is 10.7 Å². The Morgan fingerprint density at radius 3 is 2.73 bits per heavy atom. The summed E-state index contributed by atoms with van der Waals surface area (Å²) >= 11 is 0. The van der Waals surface area contributed by atoms with Crippen molar-refractivity contribution in [3.05, 3.63) is 60.2 Å².